The van der Waals surface area contributed by atoms with Crippen LogP contribution in [-0.2, 0) is 9.59 Å². The summed E-state index contributed by atoms with van der Waals surface area (Å²) < 4.78 is 0. The molecule has 2 rings (SSSR count). The molecular weight excluding hydrogens is 254 g/mol. The summed E-state index contributed by atoms with van der Waals surface area (Å²) in [7, 11) is 0. The molecule has 0 aromatic heterocycles. The summed E-state index contributed by atoms with van der Waals surface area (Å²) >= 11 is 0. The molecule has 4 nitrogen and oxygen atoms in total. The molecule has 1 aliphatic rings. The van der Waals surface area contributed by atoms with Gasteiger partial charge in [-0.15, -0.1) is 0 Å². The smallest absolute Gasteiger partial charge is 0.331 e. The normalized spacial score (nSPS) is 16.0. The second-order valence-corrected chi connectivity index (χ2v) is 5.70. The average molecular weight is 275 g/mol. The summed E-state index contributed by atoms with van der Waals surface area (Å²) in [4.78, 5) is 24.8. The standard InChI is InChI=1S/C16H21NO3/c1-10(2)17(11(3)18)15(16(19)20)14-8-6-13(7-9-14)12-4-5-12/h6-10,12,15H,4-5H2,1-3H3,(H,19,20). The maximum Gasteiger partial charge on any atom is 0.331 e. The van der Waals surface area contributed by atoms with Crippen molar-refractivity contribution in [2.75, 3.05) is 0 Å². The monoisotopic (exact) mass is 275 g/mol. The maximum absolute atomic E-state index is 11.8. The Kier molecular flexibility index (Phi) is 4.12. The highest BCUT2D eigenvalue weighted by molar-refractivity contribution is 5.83. The van der Waals surface area contributed by atoms with Crippen LogP contribution in [0.25, 0.3) is 0 Å². The Morgan fingerprint density at radius 2 is 1.75 bits per heavy atom. The van der Waals surface area contributed by atoms with Gasteiger partial charge in [-0.1, -0.05) is 24.3 Å². The Morgan fingerprint density at radius 3 is 2.10 bits per heavy atom. The predicted molar refractivity (Wildman–Crippen MR) is 76.4 cm³/mol. The molecule has 0 saturated heterocycles. The molecule has 0 radical (unpaired) electrons. The van der Waals surface area contributed by atoms with Crippen LogP contribution in [0.4, 0.5) is 0 Å². The van der Waals surface area contributed by atoms with Crippen LogP contribution in [0, 0.1) is 0 Å². The van der Waals surface area contributed by atoms with Gasteiger partial charge >= 0.3 is 5.97 Å². The first-order chi connectivity index (χ1) is 9.41. The Labute approximate surface area is 119 Å². The molecule has 1 saturated carbocycles. The number of rotatable bonds is 5. The van der Waals surface area contributed by atoms with Crippen molar-refractivity contribution in [2.24, 2.45) is 0 Å². The van der Waals surface area contributed by atoms with E-state index in [1.165, 1.54) is 30.2 Å². The molecule has 1 amide bonds. The van der Waals surface area contributed by atoms with Crippen LogP contribution < -0.4 is 0 Å². The van der Waals surface area contributed by atoms with Crippen molar-refractivity contribution in [3.05, 3.63) is 35.4 Å². The lowest BCUT2D eigenvalue weighted by atomic mass is 10.0. The molecule has 0 aliphatic heterocycles. The number of carbonyl (C=O) groups is 2. The largest absolute Gasteiger partial charge is 0.479 e. The lowest BCUT2D eigenvalue weighted by molar-refractivity contribution is -0.151. The van der Waals surface area contributed by atoms with Gasteiger partial charge in [0.2, 0.25) is 5.91 Å². The molecule has 1 atom stereocenters. The van der Waals surface area contributed by atoms with Gasteiger partial charge in [-0.2, -0.15) is 0 Å². The van der Waals surface area contributed by atoms with Crippen molar-refractivity contribution in [2.45, 2.75) is 51.6 Å². The second-order valence-electron chi connectivity index (χ2n) is 5.70. The molecule has 1 aromatic carbocycles. The molecule has 20 heavy (non-hydrogen) atoms. The van der Waals surface area contributed by atoms with Crippen LogP contribution in [0.2, 0.25) is 0 Å². The van der Waals surface area contributed by atoms with Crippen molar-refractivity contribution < 1.29 is 14.7 Å². The Hall–Kier alpha value is -1.84. The fourth-order valence-electron chi connectivity index (χ4n) is 2.63. The fraction of sp³-hybridized carbons (Fsp3) is 0.500. The van der Waals surface area contributed by atoms with Crippen molar-refractivity contribution >= 4 is 11.9 Å². The molecule has 1 fully saturated rings. The van der Waals surface area contributed by atoms with Crippen LogP contribution in [0.3, 0.4) is 0 Å². The highest BCUT2D eigenvalue weighted by atomic mass is 16.4. The van der Waals surface area contributed by atoms with E-state index in [0.717, 1.165) is 0 Å². The summed E-state index contributed by atoms with van der Waals surface area (Å²) in [5.41, 5.74) is 1.92. The molecule has 0 bridgehead atoms. The van der Waals surface area contributed by atoms with E-state index in [0.29, 0.717) is 11.5 Å². The zero-order valence-corrected chi connectivity index (χ0v) is 12.2. The van der Waals surface area contributed by atoms with Gasteiger partial charge in [-0.05, 0) is 43.7 Å². The van der Waals surface area contributed by atoms with E-state index >= 15 is 0 Å². The summed E-state index contributed by atoms with van der Waals surface area (Å²) in [6, 6.07) is 6.58. The summed E-state index contributed by atoms with van der Waals surface area (Å²) in [5.74, 6) is -0.576. The summed E-state index contributed by atoms with van der Waals surface area (Å²) in [5, 5.41) is 9.49. The topological polar surface area (TPSA) is 57.6 Å². The summed E-state index contributed by atoms with van der Waals surface area (Å²) in [6.45, 7) is 5.07. The molecule has 1 N–H and O–H groups in total. The highest BCUT2D eigenvalue weighted by Gasteiger charge is 2.31. The van der Waals surface area contributed by atoms with Gasteiger partial charge < -0.3 is 10.0 Å². The quantitative estimate of drug-likeness (QED) is 0.898. The van der Waals surface area contributed by atoms with E-state index in [1.54, 1.807) is 0 Å². The van der Waals surface area contributed by atoms with Crippen molar-refractivity contribution in [1.82, 2.24) is 4.90 Å². The van der Waals surface area contributed by atoms with E-state index in [1.807, 2.05) is 38.1 Å². The van der Waals surface area contributed by atoms with E-state index in [-0.39, 0.29) is 11.9 Å². The Balaban J connectivity index is 2.31. The maximum atomic E-state index is 11.8. The first-order valence-corrected chi connectivity index (χ1v) is 7.03. The first-order valence-electron chi connectivity index (χ1n) is 7.03. The van der Waals surface area contributed by atoms with Crippen LogP contribution in [0.5, 0.6) is 0 Å². The lowest BCUT2D eigenvalue weighted by Crippen LogP contribution is -2.42. The average Bonchev–Trinajstić information content (AvgIpc) is 3.19. The number of nitrogens with zero attached hydrogens (tertiary/aromatic N) is 1. The van der Waals surface area contributed by atoms with E-state index in [2.05, 4.69) is 0 Å². The van der Waals surface area contributed by atoms with E-state index < -0.39 is 12.0 Å². The van der Waals surface area contributed by atoms with Gasteiger partial charge in [0.1, 0.15) is 0 Å². The van der Waals surface area contributed by atoms with E-state index in [4.69, 9.17) is 0 Å². The number of carbonyl (C=O) groups excluding carboxylic acids is 1. The minimum Gasteiger partial charge on any atom is -0.479 e. The van der Waals surface area contributed by atoms with Gasteiger partial charge in [0.25, 0.3) is 0 Å². The fourth-order valence-corrected chi connectivity index (χ4v) is 2.63. The molecule has 1 unspecified atom stereocenters. The molecule has 0 heterocycles. The number of carboxylic acid groups (broad SMARTS) is 1. The van der Waals surface area contributed by atoms with Crippen LogP contribution in [0.1, 0.15) is 56.7 Å². The summed E-state index contributed by atoms with van der Waals surface area (Å²) in [6.07, 6.45) is 2.43. The third-order valence-corrected chi connectivity index (χ3v) is 3.73. The van der Waals surface area contributed by atoms with Crippen molar-refractivity contribution in [3.8, 4) is 0 Å². The Morgan fingerprint density at radius 1 is 1.20 bits per heavy atom. The number of benzene rings is 1. The number of amides is 1. The SMILES string of the molecule is CC(=O)N(C(C)C)C(C(=O)O)c1ccc(C2CC2)cc1. The molecule has 108 valence electrons. The van der Waals surface area contributed by atoms with Gasteiger partial charge in [0, 0.05) is 13.0 Å². The zero-order valence-electron chi connectivity index (χ0n) is 12.2. The Bertz CT molecular complexity index is 503. The van der Waals surface area contributed by atoms with E-state index in [9.17, 15) is 14.7 Å². The van der Waals surface area contributed by atoms with Crippen LogP contribution in [-0.4, -0.2) is 27.9 Å². The minimum absolute atomic E-state index is 0.156. The molecule has 0 spiro atoms. The second kappa shape index (κ2) is 5.65. The lowest BCUT2D eigenvalue weighted by Gasteiger charge is -2.31. The molecule has 1 aromatic rings. The van der Waals surface area contributed by atoms with Gasteiger partial charge in [0.05, 0.1) is 0 Å². The van der Waals surface area contributed by atoms with Crippen LogP contribution in [0.15, 0.2) is 24.3 Å². The van der Waals surface area contributed by atoms with Crippen LogP contribution >= 0.6 is 0 Å². The molecule has 1 aliphatic carbocycles. The number of hydrogen-bond donors (Lipinski definition) is 1. The van der Waals surface area contributed by atoms with Crippen molar-refractivity contribution in [3.63, 3.8) is 0 Å². The van der Waals surface area contributed by atoms with Gasteiger partial charge in [-0.25, -0.2) is 4.79 Å². The van der Waals surface area contributed by atoms with Gasteiger partial charge in [-0.3, -0.25) is 4.79 Å². The molecular formula is C16H21NO3. The first kappa shape index (κ1) is 14.6. The zero-order chi connectivity index (χ0) is 14.9. The number of hydrogen-bond acceptors (Lipinski definition) is 2. The highest BCUT2D eigenvalue weighted by Crippen LogP contribution is 2.40. The van der Waals surface area contributed by atoms with Gasteiger partial charge in [0.15, 0.2) is 6.04 Å². The number of carboxylic acids is 1. The van der Waals surface area contributed by atoms with Crippen molar-refractivity contribution in [1.29, 1.82) is 0 Å². The predicted octanol–water partition coefficient (Wildman–Crippen LogP) is 2.95. The third kappa shape index (κ3) is 3.00. The third-order valence-electron chi connectivity index (χ3n) is 3.73. The minimum atomic E-state index is -0.993. The number of aliphatic carboxylic acids is 1. The molecule has 4 heteroatoms.